The number of thioether (sulfide) groups is 1. The van der Waals surface area contributed by atoms with Gasteiger partial charge in [-0.2, -0.15) is 11.8 Å². The van der Waals surface area contributed by atoms with Gasteiger partial charge in [-0.15, -0.1) is 10.2 Å². The zero-order valence-corrected chi connectivity index (χ0v) is 7.74. The highest BCUT2D eigenvalue weighted by molar-refractivity contribution is 7.97. The predicted molar refractivity (Wildman–Crippen MR) is 47.0 cm³/mol. The second kappa shape index (κ2) is 3.61. The number of rotatable bonds is 3. The first-order valence-corrected chi connectivity index (χ1v) is 4.99. The Bertz CT molecular complexity index is 371. The lowest BCUT2D eigenvalue weighted by atomic mass is 10.5. The Morgan fingerprint density at radius 3 is 3.08 bits per heavy atom. The van der Waals surface area contributed by atoms with Crippen LogP contribution in [0.15, 0.2) is 21.5 Å². The maximum Gasteiger partial charge on any atom is 0.269 e. The summed E-state index contributed by atoms with van der Waals surface area (Å²) < 4.78 is 10.1. The summed E-state index contributed by atoms with van der Waals surface area (Å²) >= 11 is 1.63. The Morgan fingerprint density at radius 1 is 1.46 bits per heavy atom. The smallest absolute Gasteiger partial charge is 0.269 e. The van der Waals surface area contributed by atoms with E-state index in [1.807, 2.05) is 6.26 Å². The monoisotopic (exact) mass is 197 g/mol. The summed E-state index contributed by atoms with van der Waals surface area (Å²) in [4.78, 5) is 3.89. The van der Waals surface area contributed by atoms with Crippen LogP contribution < -0.4 is 0 Å². The third-order valence-corrected chi connectivity index (χ3v) is 1.92. The number of oxazole rings is 1. The number of hydrogen-bond donors (Lipinski definition) is 0. The fourth-order valence-electron chi connectivity index (χ4n) is 0.857. The van der Waals surface area contributed by atoms with E-state index in [1.165, 1.54) is 12.7 Å². The van der Waals surface area contributed by atoms with Gasteiger partial charge in [0.15, 0.2) is 12.1 Å². The summed E-state index contributed by atoms with van der Waals surface area (Å²) in [6.07, 6.45) is 4.77. The molecule has 2 aromatic heterocycles. The fraction of sp³-hybridized carbons (Fsp3) is 0.286. The third kappa shape index (κ3) is 1.72. The highest BCUT2D eigenvalue weighted by atomic mass is 32.2. The Labute approximate surface area is 78.6 Å². The fourth-order valence-corrected chi connectivity index (χ4v) is 1.22. The van der Waals surface area contributed by atoms with Crippen LogP contribution in [0.3, 0.4) is 0 Å². The van der Waals surface area contributed by atoms with Crippen molar-refractivity contribution in [1.82, 2.24) is 15.2 Å². The molecule has 0 aliphatic heterocycles. The summed E-state index contributed by atoms with van der Waals surface area (Å²) in [5, 5.41) is 7.67. The van der Waals surface area contributed by atoms with Gasteiger partial charge in [0.2, 0.25) is 5.89 Å². The van der Waals surface area contributed by atoms with E-state index in [0.717, 1.165) is 0 Å². The quantitative estimate of drug-likeness (QED) is 0.744. The van der Waals surface area contributed by atoms with Gasteiger partial charge in [0, 0.05) is 0 Å². The van der Waals surface area contributed by atoms with E-state index in [1.54, 1.807) is 11.8 Å². The van der Waals surface area contributed by atoms with E-state index in [-0.39, 0.29) is 0 Å². The van der Waals surface area contributed by atoms with Crippen molar-refractivity contribution >= 4 is 11.8 Å². The van der Waals surface area contributed by atoms with Gasteiger partial charge in [-0.3, -0.25) is 0 Å². The molecule has 0 saturated carbocycles. The second-order valence-corrected chi connectivity index (χ2v) is 3.17. The van der Waals surface area contributed by atoms with E-state index in [2.05, 4.69) is 15.2 Å². The minimum Gasteiger partial charge on any atom is -0.451 e. The molecule has 13 heavy (non-hydrogen) atoms. The normalized spacial score (nSPS) is 10.5. The second-order valence-electron chi connectivity index (χ2n) is 2.31. The lowest BCUT2D eigenvalue weighted by molar-refractivity contribution is 0.525. The molecule has 0 unspecified atom stereocenters. The Hall–Kier alpha value is -1.30. The standard InChI is InChI=1S/C7H7N3O2S/c1-13-3-6-9-10-7(12-6)5-2-11-4-8-5/h2,4H,3H2,1H3. The van der Waals surface area contributed by atoms with Crippen molar-refractivity contribution in [2.24, 2.45) is 0 Å². The molecule has 2 rings (SSSR count). The SMILES string of the molecule is CSCc1nnc(-c2cocn2)o1. The molecule has 0 atom stereocenters. The third-order valence-electron chi connectivity index (χ3n) is 1.39. The maximum atomic E-state index is 5.30. The van der Waals surface area contributed by atoms with Gasteiger partial charge in [-0.25, -0.2) is 4.98 Å². The van der Waals surface area contributed by atoms with E-state index in [9.17, 15) is 0 Å². The topological polar surface area (TPSA) is 65.0 Å². The van der Waals surface area contributed by atoms with Crippen molar-refractivity contribution in [2.75, 3.05) is 6.26 Å². The molecule has 0 bridgehead atoms. The minimum atomic E-state index is 0.401. The number of hydrogen-bond acceptors (Lipinski definition) is 6. The summed E-state index contributed by atoms with van der Waals surface area (Å²) in [6.45, 7) is 0. The van der Waals surface area contributed by atoms with E-state index in [0.29, 0.717) is 23.2 Å². The van der Waals surface area contributed by atoms with Crippen molar-refractivity contribution in [3.05, 3.63) is 18.5 Å². The van der Waals surface area contributed by atoms with Crippen molar-refractivity contribution in [2.45, 2.75) is 5.75 Å². The van der Waals surface area contributed by atoms with Crippen LogP contribution in [0.1, 0.15) is 5.89 Å². The van der Waals surface area contributed by atoms with Crippen LogP contribution in [0, 0.1) is 0 Å². The summed E-state index contributed by atoms with van der Waals surface area (Å²) in [6, 6.07) is 0. The Morgan fingerprint density at radius 2 is 2.38 bits per heavy atom. The van der Waals surface area contributed by atoms with Gasteiger partial charge in [-0.1, -0.05) is 0 Å². The van der Waals surface area contributed by atoms with Gasteiger partial charge < -0.3 is 8.83 Å². The average molecular weight is 197 g/mol. The lowest BCUT2D eigenvalue weighted by Crippen LogP contribution is -1.77. The zero-order valence-electron chi connectivity index (χ0n) is 6.93. The average Bonchev–Trinajstić information content (AvgIpc) is 2.70. The number of nitrogens with zero attached hydrogens (tertiary/aromatic N) is 3. The first-order chi connectivity index (χ1) is 6.40. The van der Waals surface area contributed by atoms with Gasteiger partial charge in [0.25, 0.3) is 5.89 Å². The van der Waals surface area contributed by atoms with Crippen LogP contribution in [-0.4, -0.2) is 21.4 Å². The van der Waals surface area contributed by atoms with E-state index in [4.69, 9.17) is 8.83 Å². The molecule has 0 aromatic carbocycles. The molecule has 0 saturated heterocycles. The molecule has 0 fully saturated rings. The first-order valence-electron chi connectivity index (χ1n) is 3.60. The summed E-state index contributed by atoms with van der Waals surface area (Å²) in [5.74, 6) is 1.72. The molecule has 2 aromatic rings. The Balaban J connectivity index is 2.23. The zero-order chi connectivity index (χ0) is 9.10. The van der Waals surface area contributed by atoms with Crippen LogP contribution in [0.4, 0.5) is 0 Å². The van der Waals surface area contributed by atoms with Gasteiger partial charge >= 0.3 is 0 Å². The number of aromatic nitrogens is 3. The van der Waals surface area contributed by atoms with Gasteiger partial charge in [0.05, 0.1) is 5.75 Å². The molecule has 0 amide bonds. The largest absolute Gasteiger partial charge is 0.451 e. The molecule has 68 valence electrons. The highest BCUT2D eigenvalue weighted by Crippen LogP contribution is 2.16. The molecule has 0 aliphatic carbocycles. The molecule has 2 heterocycles. The van der Waals surface area contributed by atoms with Crippen molar-refractivity contribution in [3.8, 4) is 11.6 Å². The molecule has 0 N–H and O–H groups in total. The van der Waals surface area contributed by atoms with Crippen LogP contribution >= 0.6 is 11.8 Å². The van der Waals surface area contributed by atoms with E-state index < -0.39 is 0 Å². The van der Waals surface area contributed by atoms with Gasteiger partial charge in [-0.05, 0) is 6.26 Å². The maximum absolute atomic E-state index is 5.30. The molecule has 0 radical (unpaired) electrons. The lowest BCUT2D eigenvalue weighted by Gasteiger charge is -1.85. The predicted octanol–water partition coefficient (Wildman–Crippen LogP) is 1.59. The van der Waals surface area contributed by atoms with Crippen molar-refractivity contribution in [3.63, 3.8) is 0 Å². The first kappa shape index (κ1) is 8.31. The molecule has 0 spiro atoms. The van der Waals surface area contributed by atoms with Gasteiger partial charge in [0.1, 0.15) is 6.26 Å². The van der Waals surface area contributed by atoms with Crippen LogP contribution in [0.5, 0.6) is 0 Å². The minimum absolute atomic E-state index is 0.401. The molecule has 0 aliphatic rings. The Kier molecular flexibility index (Phi) is 2.31. The summed E-state index contributed by atoms with van der Waals surface area (Å²) in [5.41, 5.74) is 0.569. The van der Waals surface area contributed by atoms with E-state index >= 15 is 0 Å². The van der Waals surface area contributed by atoms with Crippen LogP contribution in [0.2, 0.25) is 0 Å². The van der Waals surface area contributed by atoms with Crippen LogP contribution in [-0.2, 0) is 5.75 Å². The molecular weight excluding hydrogens is 190 g/mol. The van der Waals surface area contributed by atoms with Crippen molar-refractivity contribution < 1.29 is 8.83 Å². The molecule has 5 nitrogen and oxygen atoms in total. The highest BCUT2D eigenvalue weighted by Gasteiger charge is 2.09. The molecular formula is C7H7N3O2S. The van der Waals surface area contributed by atoms with Crippen molar-refractivity contribution in [1.29, 1.82) is 0 Å². The van der Waals surface area contributed by atoms with Crippen LogP contribution in [0.25, 0.3) is 11.6 Å². The molecule has 6 heteroatoms. The summed E-state index contributed by atoms with van der Waals surface area (Å²) in [7, 11) is 0.